The smallest absolute Gasteiger partial charge is 0.237 e. The number of nitrogens with zero attached hydrogens (tertiary/aromatic N) is 2. The maximum atomic E-state index is 12.2. The summed E-state index contributed by atoms with van der Waals surface area (Å²) in [5.74, 6) is 0.00686. The molecule has 5 nitrogen and oxygen atoms in total. The molecule has 0 saturated heterocycles. The van der Waals surface area contributed by atoms with Crippen LogP contribution in [0.15, 0.2) is 43.0 Å². The lowest BCUT2D eigenvalue weighted by atomic mass is 10.0. The highest BCUT2D eigenvalue weighted by molar-refractivity contribution is 5.82. The van der Waals surface area contributed by atoms with Crippen molar-refractivity contribution in [2.45, 2.75) is 52.2 Å². The fourth-order valence-corrected chi connectivity index (χ4v) is 2.44. The first kappa shape index (κ1) is 18.1. The Morgan fingerprint density at radius 3 is 2.12 bits per heavy atom. The molecule has 0 fully saturated rings. The fourth-order valence-electron chi connectivity index (χ4n) is 2.44. The van der Waals surface area contributed by atoms with Gasteiger partial charge in [-0.3, -0.25) is 10.1 Å². The van der Waals surface area contributed by atoms with E-state index < -0.39 is 0 Å². The van der Waals surface area contributed by atoms with Gasteiger partial charge < -0.3 is 5.32 Å². The molecule has 0 aliphatic carbocycles. The molecule has 0 spiro atoms. The maximum Gasteiger partial charge on any atom is 0.237 e. The third kappa shape index (κ3) is 5.13. The molecule has 0 aliphatic rings. The molecule has 1 aromatic heterocycles. The molecule has 0 radical (unpaired) electrons. The van der Waals surface area contributed by atoms with E-state index in [0.29, 0.717) is 0 Å². The standard InChI is InChI=1S/C19H26N4O/c1-13(22-14(2)18(24)23-19(3,4)5)15-6-8-16(9-7-15)17-10-20-12-21-11-17/h6-14,22H,1-5H3,(H,23,24)/t13-,14+/m0/s1. The molecule has 2 aromatic rings. The van der Waals surface area contributed by atoms with Crippen LogP contribution in [-0.2, 0) is 4.79 Å². The Balaban J connectivity index is 2.00. The number of aromatic nitrogens is 2. The number of rotatable bonds is 5. The summed E-state index contributed by atoms with van der Waals surface area (Å²) in [6, 6.07) is 8.04. The van der Waals surface area contributed by atoms with Crippen molar-refractivity contribution in [3.05, 3.63) is 48.5 Å². The Morgan fingerprint density at radius 2 is 1.58 bits per heavy atom. The van der Waals surface area contributed by atoms with Crippen molar-refractivity contribution < 1.29 is 4.79 Å². The summed E-state index contributed by atoms with van der Waals surface area (Å²) in [4.78, 5) is 20.3. The van der Waals surface area contributed by atoms with Gasteiger partial charge in [-0.2, -0.15) is 0 Å². The Morgan fingerprint density at radius 1 is 1.00 bits per heavy atom. The lowest BCUT2D eigenvalue weighted by molar-refractivity contribution is -0.124. The summed E-state index contributed by atoms with van der Waals surface area (Å²) in [7, 11) is 0. The van der Waals surface area contributed by atoms with E-state index in [-0.39, 0.29) is 23.5 Å². The second-order valence-corrected chi connectivity index (χ2v) is 7.10. The highest BCUT2D eigenvalue weighted by Gasteiger charge is 2.20. The summed E-state index contributed by atoms with van der Waals surface area (Å²) in [6.07, 6.45) is 5.11. The predicted molar refractivity (Wildman–Crippen MR) is 96.4 cm³/mol. The molecule has 5 heteroatoms. The minimum atomic E-state index is -0.263. The van der Waals surface area contributed by atoms with Crippen molar-refractivity contribution >= 4 is 5.91 Å². The minimum absolute atomic E-state index is 0.00686. The largest absolute Gasteiger partial charge is 0.350 e. The molecule has 0 aliphatic heterocycles. The molecule has 2 atom stereocenters. The highest BCUT2D eigenvalue weighted by Crippen LogP contribution is 2.21. The molecular formula is C19H26N4O. The lowest BCUT2D eigenvalue weighted by Gasteiger charge is -2.25. The van der Waals surface area contributed by atoms with Gasteiger partial charge in [-0.15, -0.1) is 0 Å². The number of carbonyl (C=O) groups is 1. The van der Waals surface area contributed by atoms with E-state index >= 15 is 0 Å². The summed E-state index contributed by atoms with van der Waals surface area (Å²) in [5, 5.41) is 6.33. The van der Waals surface area contributed by atoms with E-state index in [2.05, 4.69) is 39.7 Å². The zero-order chi connectivity index (χ0) is 17.7. The van der Waals surface area contributed by atoms with Gasteiger partial charge in [0.15, 0.2) is 0 Å². The molecule has 0 saturated carbocycles. The van der Waals surface area contributed by atoms with Crippen molar-refractivity contribution in [1.29, 1.82) is 0 Å². The second-order valence-electron chi connectivity index (χ2n) is 7.10. The van der Waals surface area contributed by atoms with Crippen LogP contribution in [0.3, 0.4) is 0 Å². The van der Waals surface area contributed by atoms with E-state index in [1.807, 2.05) is 39.8 Å². The van der Waals surface area contributed by atoms with Crippen molar-refractivity contribution in [2.24, 2.45) is 0 Å². The van der Waals surface area contributed by atoms with Gasteiger partial charge in [0.1, 0.15) is 6.33 Å². The van der Waals surface area contributed by atoms with Crippen LogP contribution >= 0.6 is 0 Å². The molecular weight excluding hydrogens is 300 g/mol. The molecule has 1 heterocycles. The third-order valence-electron chi connectivity index (χ3n) is 3.70. The van der Waals surface area contributed by atoms with Crippen molar-refractivity contribution in [3.63, 3.8) is 0 Å². The molecule has 0 unspecified atom stereocenters. The fraction of sp³-hybridized carbons (Fsp3) is 0.421. The summed E-state index contributed by atoms with van der Waals surface area (Å²) < 4.78 is 0. The van der Waals surface area contributed by atoms with Gasteiger partial charge in [-0.05, 0) is 45.7 Å². The molecule has 1 amide bonds. The van der Waals surface area contributed by atoms with Crippen LogP contribution in [0, 0.1) is 0 Å². The van der Waals surface area contributed by atoms with E-state index in [1.165, 1.54) is 6.33 Å². The van der Waals surface area contributed by atoms with Crippen LogP contribution in [0.2, 0.25) is 0 Å². The third-order valence-corrected chi connectivity index (χ3v) is 3.70. The van der Waals surface area contributed by atoms with Crippen LogP contribution in [-0.4, -0.2) is 27.5 Å². The van der Waals surface area contributed by atoms with Crippen LogP contribution < -0.4 is 10.6 Å². The Hall–Kier alpha value is -2.27. The average molecular weight is 326 g/mol. The Bertz CT molecular complexity index is 662. The number of amides is 1. The van der Waals surface area contributed by atoms with Crippen molar-refractivity contribution in [2.75, 3.05) is 0 Å². The molecule has 24 heavy (non-hydrogen) atoms. The zero-order valence-electron chi connectivity index (χ0n) is 15.0. The molecule has 2 N–H and O–H groups in total. The van der Waals surface area contributed by atoms with Gasteiger partial charge in [0.2, 0.25) is 5.91 Å². The first-order valence-corrected chi connectivity index (χ1v) is 8.20. The molecule has 1 aromatic carbocycles. The van der Waals surface area contributed by atoms with Crippen LogP contribution in [0.25, 0.3) is 11.1 Å². The van der Waals surface area contributed by atoms with Crippen molar-refractivity contribution in [1.82, 2.24) is 20.6 Å². The molecule has 0 bridgehead atoms. The zero-order valence-corrected chi connectivity index (χ0v) is 15.0. The minimum Gasteiger partial charge on any atom is -0.350 e. The number of nitrogens with one attached hydrogen (secondary N) is 2. The van der Waals surface area contributed by atoms with Gasteiger partial charge in [0, 0.05) is 29.5 Å². The SMILES string of the molecule is C[C@H](N[C@H](C)C(=O)NC(C)(C)C)c1ccc(-c2cncnc2)cc1. The quantitative estimate of drug-likeness (QED) is 0.886. The van der Waals surface area contributed by atoms with Crippen LogP contribution in [0.5, 0.6) is 0 Å². The lowest BCUT2D eigenvalue weighted by Crippen LogP contribution is -2.49. The summed E-state index contributed by atoms with van der Waals surface area (Å²) in [6.45, 7) is 9.88. The van der Waals surface area contributed by atoms with E-state index in [9.17, 15) is 4.79 Å². The Labute approximate surface area is 143 Å². The first-order chi connectivity index (χ1) is 11.3. The summed E-state index contributed by atoms with van der Waals surface area (Å²) >= 11 is 0. The Kier molecular flexibility index (Phi) is 5.67. The number of carbonyl (C=O) groups excluding carboxylic acids is 1. The number of benzene rings is 1. The van der Waals surface area contributed by atoms with E-state index in [4.69, 9.17) is 0 Å². The van der Waals surface area contributed by atoms with E-state index in [1.54, 1.807) is 12.4 Å². The van der Waals surface area contributed by atoms with Gasteiger partial charge in [0.05, 0.1) is 6.04 Å². The average Bonchev–Trinajstić information content (AvgIpc) is 2.54. The second kappa shape index (κ2) is 7.53. The highest BCUT2D eigenvalue weighted by atomic mass is 16.2. The van der Waals surface area contributed by atoms with Crippen molar-refractivity contribution in [3.8, 4) is 11.1 Å². The van der Waals surface area contributed by atoms with Gasteiger partial charge in [-0.25, -0.2) is 9.97 Å². The van der Waals surface area contributed by atoms with Crippen LogP contribution in [0.1, 0.15) is 46.2 Å². The van der Waals surface area contributed by atoms with Gasteiger partial charge in [-0.1, -0.05) is 24.3 Å². The van der Waals surface area contributed by atoms with Gasteiger partial charge in [0.25, 0.3) is 0 Å². The van der Waals surface area contributed by atoms with E-state index in [0.717, 1.165) is 16.7 Å². The molecule has 128 valence electrons. The normalized spacial score (nSPS) is 14.0. The number of hydrogen-bond donors (Lipinski definition) is 2. The monoisotopic (exact) mass is 326 g/mol. The van der Waals surface area contributed by atoms with Crippen LogP contribution in [0.4, 0.5) is 0 Å². The number of hydrogen-bond acceptors (Lipinski definition) is 4. The maximum absolute atomic E-state index is 12.2. The molecule has 2 rings (SSSR count). The van der Waals surface area contributed by atoms with Gasteiger partial charge >= 0.3 is 0 Å². The topological polar surface area (TPSA) is 66.9 Å². The summed E-state index contributed by atoms with van der Waals surface area (Å²) in [5.41, 5.74) is 2.97. The first-order valence-electron chi connectivity index (χ1n) is 8.20. The predicted octanol–water partition coefficient (Wildman–Crippen LogP) is 3.10.